The average Bonchev–Trinajstić information content (AvgIpc) is 3.08. The maximum absolute atomic E-state index is 11.1. The molecular weight excluding hydrogens is 314 g/mol. The van der Waals surface area contributed by atoms with E-state index in [1.807, 2.05) is 30.3 Å². The van der Waals surface area contributed by atoms with Crippen molar-refractivity contribution >= 4 is 5.91 Å². The van der Waals surface area contributed by atoms with Crippen LogP contribution in [0.3, 0.4) is 0 Å². The summed E-state index contributed by atoms with van der Waals surface area (Å²) in [6.45, 7) is 5.06. The van der Waals surface area contributed by atoms with Gasteiger partial charge in [0, 0.05) is 25.6 Å². The highest BCUT2D eigenvalue weighted by molar-refractivity contribution is 5.72. The predicted octanol–water partition coefficient (Wildman–Crippen LogP) is 3.17. The van der Waals surface area contributed by atoms with Gasteiger partial charge >= 0.3 is 0 Å². The molecule has 1 aromatic heterocycles. The molecule has 0 saturated carbocycles. The van der Waals surface area contributed by atoms with Crippen LogP contribution in [0.1, 0.15) is 31.1 Å². The van der Waals surface area contributed by atoms with Crippen molar-refractivity contribution in [3.8, 4) is 17.4 Å². The zero-order valence-corrected chi connectivity index (χ0v) is 14.5. The van der Waals surface area contributed by atoms with Crippen LogP contribution in [0.25, 0.3) is 11.3 Å². The first kappa shape index (κ1) is 17.2. The van der Waals surface area contributed by atoms with E-state index in [2.05, 4.69) is 16.3 Å². The molecule has 0 radical (unpaired) electrons. The number of hydrogen-bond donors (Lipinski definition) is 1. The molecule has 1 unspecified atom stereocenters. The van der Waals surface area contributed by atoms with Crippen LogP contribution in [-0.4, -0.2) is 30.4 Å². The van der Waals surface area contributed by atoms with Gasteiger partial charge in [-0.25, -0.2) is 0 Å². The summed E-state index contributed by atoms with van der Waals surface area (Å²) >= 11 is 0. The summed E-state index contributed by atoms with van der Waals surface area (Å²) in [5, 5.41) is 12.2. The lowest BCUT2D eigenvalue weighted by Gasteiger charge is -2.32. The number of carbonyl (C=O) groups excluding carboxylic acids is 1. The van der Waals surface area contributed by atoms with E-state index in [1.54, 1.807) is 13.0 Å². The lowest BCUT2D eigenvalue weighted by molar-refractivity contribution is -0.119. The normalized spacial score (nSPS) is 17.8. The lowest BCUT2D eigenvalue weighted by atomic mass is 9.98. The van der Waals surface area contributed by atoms with Crippen molar-refractivity contribution < 1.29 is 9.21 Å². The Labute approximate surface area is 148 Å². The fourth-order valence-corrected chi connectivity index (χ4v) is 3.37. The molecule has 0 bridgehead atoms. The maximum Gasteiger partial charge on any atom is 0.216 e. The van der Waals surface area contributed by atoms with Gasteiger partial charge in [-0.05, 0) is 49.6 Å². The molecule has 1 aromatic carbocycles. The molecule has 3 rings (SSSR count). The number of benzene rings is 1. The van der Waals surface area contributed by atoms with E-state index in [4.69, 9.17) is 4.42 Å². The van der Waals surface area contributed by atoms with Crippen LogP contribution in [-0.2, 0) is 11.3 Å². The molecule has 1 fully saturated rings. The summed E-state index contributed by atoms with van der Waals surface area (Å²) in [7, 11) is 0. The molecule has 130 valence electrons. The number of piperidine rings is 1. The molecule has 5 nitrogen and oxygen atoms in total. The van der Waals surface area contributed by atoms with Gasteiger partial charge in [-0.3, -0.25) is 9.69 Å². The Kier molecular flexibility index (Phi) is 5.52. The van der Waals surface area contributed by atoms with Crippen molar-refractivity contribution in [2.24, 2.45) is 5.92 Å². The molecular formula is C20H23N3O2. The number of nitrogens with zero attached hydrogens (tertiary/aromatic N) is 2. The molecule has 1 saturated heterocycles. The molecule has 1 atom stereocenters. The minimum absolute atomic E-state index is 0.0314. The van der Waals surface area contributed by atoms with Crippen molar-refractivity contribution in [2.75, 3.05) is 19.6 Å². The second-order valence-corrected chi connectivity index (χ2v) is 6.60. The first-order valence-corrected chi connectivity index (χ1v) is 8.70. The molecule has 2 aromatic rings. The van der Waals surface area contributed by atoms with Gasteiger partial charge in [-0.15, -0.1) is 0 Å². The largest absolute Gasteiger partial charge is 0.460 e. The Balaban J connectivity index is 1.63. The Bertz CT molecular complexity index is 775. The molecule has 5 heteroatoms. The fourth-order valence-electron chi connectivity index (χ4n) is 3.37. The number of hydrogen-bond acceptors (Lipinski definition) is 4. The molecule has 0 aliphatic carbocycles. The second-order valence-electron chi connectivity index (χ2n) is 6.60. The second kappa shape index (κ2) is 8.00. The van der Waals surface area contributed by atoms with Crippen LogP contribution in [0.2, 0.25) is 0 Å². The molecule has 1 amide bonds. The monoisotopic (exact) mass is 337 g/mol. The van der Waals surface area contributed by atoms with Gasteiger partial charge < -0.3 is 9.73 Å². The fraction of sp³-hybridized carbons (Fsp3) is 0.400. The Morgan fingerprint density at radius 3 is 3.00 bits per heavy atom. The molecule has 1 aliphatic heterocycles. The topological polar surface area (TPSA) is 69.3 Å². The minimum Gasteiger partial charge on any atom is -0.460 e. The maximum atomic E-state index is 11.1. The standard InChI is InChI=1S/C20H23N3O2/c1-15(24)22-12-16-5-4-10-23(13-16)14-18-8-9-20(25-18)19-7-3-2-6-17(19)11-21/h2-3,6-9,16H,4-5,10,12-14H2,1H3,(H,22,24). The van der Waals surface area contributed by atoms with Gasteiger partial charge in [0.25, 0.3) is 0 Å². The van der Waals surface area contributed by atoms with E-state index in [9.17, 15) is 10.1 Å². The van der Waals surface area contributed by atoms with E-state index in [1.165, 1.54) is 0 Å². The summed E-state index contributed by atoms with van der Waals surface area (Å²) in [4.78, 5) is 13.5. The average molecular weight is 337 g/mol. The summed E-state index contributed by atoms with van der Waals surface area (Å²) in [5.41, 5.74) is 1.45. The highest BCUT2D eigenvalue weighted by Gasteiger charge is 2.21. The summed E-state index contributed by atoms with van der Waals surface area (Å²) < 4.78 is 5.99. The van der Waals surface area contributed by atoms with E-state index < -0.39 is 0 Å². The third-order valence-corrected chi connectivity index (χ3v) is 4.60. The van der Waals surface area contributed by atoms with Crippen molar-refractivity contribution in [1.82, 2.24) is 10.2 Å². The third kappa shape index (κ3) is 4.49. The Hall–Kier alpha value is -2.58. The van der Waals surface area contributed by atoms with Gasteiger partial charge in [-0.2, -0.15) is 5.26 Å². The Morgan fingerprint density at radius 2 is 2.20 bits per heavy atom. The Morgan fingerprint density at radius 1 is 1.36 bits per heavy atom. The van der Waals surface area contributed by atoms with Crippen LogP contribution in [0.5, 0.6) is 0 Å². The zero-order valence-electron chi connectivity index (χ0n) is 14.5. The number of nitriles is 1. The number of likely N-dealkylation sites (tertiary alicyclic amines) is 1. The van der Waals surface area contributed by atoms with Crippen LogP contribution in [0, 0.1) is 17.2 Å². The van der Waals surface area contributed by atoms with Crippen LogP contribution >= 0.6 is 0 Å². The first-order chi connectivity index (χ1) is 12.2. The highest BCUT2D eigenvalue weighted by Crippen LogP contribution is 2.26. The van der Waals surface area contributed by atoms with Crippen LogP contribution in [0.15, 0.2) is 40.8 Å². The number of furan rings is 1. The lowest BCUT2D eigenvalue weighted by Crippen LogP contribution is -2.40. The van der Waals surface area contributed by atoms with E-state index in [0.29, 0.717) is 11.5 Å². The summed E-state index contributed by atoms with van der Waals surface area (Å²) in [6.07, 6.45) is 2.28. The molecule has 25 heavy (non-hydrogen) atoms. The molecule has 1 N–H and O–H groups in total. The molecule has 2 heterocycles. The van der Waals surface area contributed by atoms with Crippen molar-refractivity contribution in [3.05, 3.63) is 47.7 Å². The summed E-state index contributed by atoms with van der Waals surface area (Å²) in [6, 6.07) is 13.6. The van der Waals surface area contributed by atoms with Crippen LogP contribution < -0.4 is 5.32 Å². The SMILES string of the molecule is CC(=O)NCC1CCCN(Cc2ccc(-c3ccccc3C#N)o2)C1. The number of nitrogens with one attached hydrogen (secondary N) is 1. The van der Waals surface area contributed by atoms with Crippen molar-refractivity contribution in [3.63, 3.8) is 0 Å². The van der Waals surface area contributed by atoms with Crippen molar-refractivity contribution in [2.45, 2.75) is 26.3 Å². The number of amides is 1. The van der Waals surface area contributed by atoms with Gasteiger partial charge in [0.2, 0.25) is 5.91 Å². The number of carbonyl (C=O) groups is 1. The van der Waals surface area contributed by atoms with Gasteiger partial charge in [0.15, 0.2) is 0 Å². The smallest absolute Gasteiger partial charge is 0.216 e. The van der Waals surface area contributed by atoms with E-state index >= 15 is 0 Å². The van der Waals surface area contributed by atoms with Gasteiger partial charge in [0.1, 0.15) is 11.5 Å². The molecule has 1 aliphatic rings. The van der Waals surface area contributed by atoms with Gasteiger partial charge in [0.05, 0.1) is 18.2 Å². The van der Waals surface area contributed by atoms with Crippen molar-refractivity contribution in [1.29, 1.82) is 5.26 Å². The minimum atomic E-state index is 0.0314. The first-order valence-electron chi connectivity index (χ1n) is 8.70. The van der Waals surface area contributed by atoms with Crippen LogP contribution in [0.4, 0.5) is 0 Å². The molecule has 0 spiro atoms. The predicted molar refractivity (Wildman–Crippen MR) is 95.5 cm³/mol. The third-order valence-electron chi connectivity index (χ3n) is 4.60. The van der Waals surface area contributed by atoms with E-state index in [-0.39, 0.29) is 5.91 Å². The van der Waals surface area contributed by atoms with E-state index in [0.717, 1.165) is 56.1 Å². The summed E-state index contributed by atoms with van der Waals surface area (Å²) in [5.74, 6) is 2.16. The quantitative estimate of drug-likeness (QED) is 0.910. The highest BCUT2D eigenvalue weighted by atomic mass is 16.3. The number of rotatable bonds is 5. The van der Waals surface area contributed by atoms with Gasteiger partial charge in [-0.1, -0.05) is 12.1 Å². The zero-order chi connectivity index (χ0) is 17.6.